The SMILES string of the molecule is CCCCOCc1cnc(N)cn1. The number of unbranched alkanes of at least 4 members (excludes halogenated alkanes) is 1. The summed E-state index contributed by atoms with van der Waals surface area (Å²) in [7, 11) is 0. The van der Waals surface area contributed by atoms with Crippen molar-refractivity contribution in [3.8, 4) is 0 Å². The molecule has 72 valence electrons. The number of nitrogen functional groups attached to an aromatic ring is 1. The van der Waals surface area contributed by atoms with E-state index in [1.807, 2.05) is 0 Å². The Kier molecular flexibility index (Phi) is 4.18. The molecule has 0 unspecified atom stereocenters. The minimum atomic E-state index is 0.442. The van der Waals surface area contributed by atoms with Crippen LogP contribution in [0.15, 0.2) is 12.4 Å². The highest BCUT2D eigenvalue weighted by Gasteiger charge is 1.94. The summed E-state index contributed by atoms with van der Waals surface area (Å²) < 4.78 is 5.36. The zero-order chi connectivity index (χ0) is 9.52. The van der Waals surface area contributed by atoms with Crippen molar-refractivity contribution in [2.24, 2.45) is 0 Å². The van der Waals surface area contributed by atoms with Crippen molar-refractivity contribution >= 4 is 5.82 Å². The third-order valence-corrected chi connectivity index (χ3v) is 1.62. The molecule has 0 saturated heterocycles. The monoisotopic (exact) mass is 181 g/mol. The molecule has 0 aliphatic heterocycles. The highest BCUT2D eigenvalue weighted by atomic mass is 16.5. The number of rotatable bonds is 5. The summed E-state index contributed by atoms with van der Waals surface area (Å²) in [6, 6.07) is 0. The van der Waals surface area contributed by atoms with E-state index in [9.17, 15) is 0 Å². The van der Waals surface area contributed by atoms with E-state index >= 15 is 0 Å². The smallest absolute Gasteiger partial charge is 0.141 e. The first-order valence-corrected chi connectivity index (χ1v) is 4.47. The molecule has 0 fully saturated rings. The van der Waals surface area contributed by atoms with Crippen LogP contribution < -0.4 is 5.73 Å². The summed E-state index contributed by atoms with van der Waals surface area (Å²) in [4.78, 5) is 7.98. The van der Waals surface area contributed by atoms with E-state index in [-0.39, 0.29) is 0 Å². The average molecular weight is 181 g/mol. The minimum absolute atomic E-state index is 0.442. The Balaban J connectivity index is 2.25. The first kappa shape index (κ1) is 9.92. The summed E-state index contributed by atoms with van der Waals surface area (Å²) in [5.74, 6) is 0.442. The average Bonchev–Trinajstić information content (AvgIpc) is 2.15. The maximum absolute atomic E-state index is 5.39. The van der Waals surface area contributed by atoms with Gasteiger partial charge in [0, 0.05) is 6.61 Å². The molecule has 0 radical (unpaired) electrons. The lowest BCUT2D eigenvalue weighted by Crippen LogP contribution is -1.99. The number of hydrogen-bond acceptors (Lipinski definition) is 4. The molecule has 4 heteroatoms. The van der Waals surface area contributed by atoms with Gasteiger partial charge in [-0.2, -0.15) is 0 Å². The van der Waals surface area contributed by atoms with Crippen molar-refractivity contribution in [1.82, 2.24) is 9.97 Å². The second-order valence-electron chi connectivity index (χ2n) is 2.84. The van der Waals surface area contributed by atoms with E-state index in [2.05, 4.69) is 16.9 Å². The lowest BCUT2D eigenvalue weighted by Gasteiger charge is -2.01. The van der Waals surface area contributed by atoms with Crippen molar-refractivity contribution in [3.05, 3.63) is 18.1 Å². The van der Waals surface area contributed by atoms with Gasteiger partial charge in [-0.25, -0.2) is 4.98 Å². The van der Waals surface area contributed by atoms with Crippen molar-refractivity contribution < 1.29 is 4.74 Å². The second-order valence-corrected chi connectivity index (χ2v) is 2.84. The van der Waals surface area contributed by atoms with Gasteiger partial charge in [0.1, 0.15) is 5.82 Å². The van der Waals surface area contributed by atoms with Crippen LogP contribution in [0.1, 0.15) is 25.5 Å². The quantitative estimate of drug-likeness (QED) is 0.697. The number of hydrogen-bond donors (Lipinski definition) is 1. The molecule has 0 atom stereocenters. The third kappa shape index (κ3) is 3.85. The van der Waals surface area contributed by atoms with Gasteiger partial charge < -0.3 is 10.5 Å². The molecule has 0 amide bonds. The van der Waals surface area contributed by atoms with Crippen LogP contribution in [0, 0.1) is 0 Å². The van der Waals surface area contributed by atoms with Crippen LogP contribution in [0.2, 0.25) is 0 Å². The molecule has 1 rings (SSSR count). The molecular weight excluding hydrogens is 166 g/mol. The normalized spacial score (nSPS) is 10.2. The fraction of sp³-hybridized carbons (Fsp3) is 0.556. The summed E-state index contributed by atoms with van der Waals surface area (Å²) in [5.41, 5.74) is 6.21. The molecule has 0 saturated carbocycles. The Labute approximate surface area is 78.1 Å². The number of anilines is 1. The van der Waals surface area contributed by atoms with Gasteiger partial charge in [-0.15, -0.1) is 0 Å². The van der Waals surface area contributed by atoms with Crippen LogP contribution in [-0.2, 0) is 11.3 Å². The second kappa shape index (κ2) is 5.48. The highest BCUT2D eigenvalue weighted by molar-refractivity contribution is 5.22. The maximum atomic E-state index is 5.39. The van der Waals surface area contributed by atoms with Crippen molar-refractivity contribution in [2.75, 3.05) is 12.3 Å². The van der Waals surface area contributed by atoms with Crippen LogP contribution in [0.25, 0.3) is 0 Å². The van der Waals surface area contributed by atoms with Gasteiger partial charge in [-0.3, -0.25) is 4.98 Å². The van der Waals surface area contributed by atoms with Gasteiger partial charge in [0.2, 0.25) is 0 Å². The van der Waals surface area contributed by atoms with E-state index in [4.69, 9.17) is 10.5 Å². The third-order valence-electron chi connectivity index (χ3n) is 1.62. The largest absolute Gasteiger partial charge is 0.382 e. The van der Waals surface area contributed by atoms with E-state index in [1.54, 1.807) is 12.4 Å². The molecule has 0 aromatic carbocycles. The van der Waals surface area contributed by atoms with Gasteiger partial charge in [-0.05, 0) is 6.42 Å². The number of nitrogens with zero attached hydrogens (tertiary/aromatic N) is 2. The summed E-state index contributed by atoms with van der Waals surface area (Å²) in [6.07, 6.45) is 5.41. The van der Waals surface area contributed by atoms with Crippen LogP contribution in [0.5, 0.6) is 0 Å². The standard InChI is InChI=1S/C9H15N3O/c1-2-3-4-13-7-8-5-12-9(10)6-11-8/h5-6H,2-4,7H2,1H3,(H2,10,12). The lowest BCUT2D eigenvalue weighted by molar-refractivity contribution is 0.115. The van der Waals surface area contributed by atoms with E-state index in [0.717, 1.165) is 25.1 Å². The topological polar surface area (TPSA) is 61.0 Å². The van der Waals surface area contributed by atoms with Crippen molar-refractivity contribution in [3.63, 3.8) is 0 Å². The Bertz CT molecular complexity index is 235. The van der Waals surface area contributed by atoms with Crippen LogP contribution >= 0.6 is 0 Å². The molecule has 2 N–H and O–H groups in total. The van der Waals surface area contributed by atoms with E-state index in [1.165, 1.54) is 0 Å². The van der Waals surface area contributed by atoms with E-state index in [0.29, 0.717) is 12.4 Å². The summed E-state index contributed by atoms with van der Waals surface area (Å²) in [6.45, 7) is 3.43. The number of nitrogens with two attached hydrogens (primary N) is 1. The van der Waals surface area contributed by atoms with Gasteiger partial charge in [0.05, 0.1) is 24.7 Å². The Morgan fingerprint density at radius 2 is 2.23 bits per heavy atom. The van der Waals surface area contributed by atoms with Crippen LogP contribution in [0.3, 0.4) is 0 Å². The molecule has 0 spiro atoms. The maximum Gasteiger partial charge on any atom is 0.141 e. The zero-order valence-electron chi connectivity index (χ0n) is 7.86. The van der Waals surface area contributed by atoms with Gasteiger partial charge >= 0.3 is 0 Å². The van der Waals surface area contributed by atoms with E-state index < -0.39 is 0 Å². The molecule has 0 aliphatic rings. The highest BCUT2D eigenvalue weighted by Crippen LogP contribution is 1.99. The molecule has 0 aliphatic carbocycles. The summed E-state index contributed by atoms with van der Waals surface area (Å²) in [5, 5.41) is 0. The Morgan fingerprint density at radius 1 is 1.38 bits per heavy atom. The van der Waals surface area contributed by atoms with Crippen molar-refractivity contribution in [1.29, 1.82) is 0 Å². The van der Waals surface area contributed by atoms with Crippen LogP contribution in [0.4, 0.5) is 5.82 Å². The molecule has 4 nitrogen and oxygen atoms in total. The first-order chi connectivity index (χ1) is 6.33. The summed E-state index contributed by atoms with van der Waals surface area (Å²) >= 11 is 0. The lowest BCUT2D eigenvalue weighted by atomic mass is 10.4. The predicted octanol–water partition coefficient (Wildman–Crippen LogP) is 1.38. The molecule has 0 bridgehead atoms. The Morgan fingerprint density at radius 3 is 2.85 bits per heavy atom. The zero-order valence-corrected chi connectivity index (χ0v) is 7.86. The molecule has 1 aromatic rings. The van der Waals surface area contributed by atoms with Gasteiger partial charge in [-0.1, -0.05) is 13.3 Å². The van der Waals surface area contributed by atoms with Crippen LogP contribution in [-0.4, -0.2) is 16.6 Å². The number of ether oxygens (including phenoxy) is 1. The van der Waals surface area contributed by atoms with Gasteiger partial charge in [0.25, 0.3) is 0 Å². The van der Waals surface area contributed by atoms with Crippen molar-refractivity contribution in [2.45, 2.75) is 26.4 Å². The molecular formula is C9H15N3O. The fourth-order valence-electron chi connectivity index (χ4n) is 0.862. The predicted molar refractivity (Wildman–Crippen MR) is 51.0 cm³/mol. The van der Waals surface area contributed by atoms with Gasteiger partial charge in [0.15, 0.2) is 0 Å². The first-order valence-electron chi connectivity index (χ1n) is 4.47. The fourth-order valence-corrected chi connectivity index (χ4v) is 0.862. The molecule has 13 heavy (non-hydrogen) atoms. The molecule has 1 heterocycles. The molecule has 1 aromatic heterocycles. The number of aromatic nitrogens is 2. The minimum Gasteiger partial charge on any atom is -0.382 e. The Hall–Kier alpha value is -1.16.